The smallest absolute Gasteiger partial charge is 0.276 e. The summed E-state index contributed by atoms with van der Waals surface area (Å²) in [4.78, 5) is 4.33. The summed E-state index contributed by atoms with van der Waals surface area (Å²) in [7, 11) is -3.48. The Balaban J connectivity index is 1.80. The topological polar surface area (TPSA) is 68.3 Å². The van der Waals surface area contributed by atoms with Gasteiger partial charge in [0.2, 0.25) is 5.09 Å². The molecule has 2 aromatic heterocycles. The molecule has 3 heterocycles. The first-order chi connectivity index (χ1) is 10.5. The van der Waals surface area contributed by atoms with E-state index in [0.29, 0.717) is 31.3 Å². The lowest BCUT2D eigenvalue weighted by Gasteiger charge is -2.13. The zero-order chi connectivity index (χ0) is 15.7. The second kappa shape index (κ2) is 5.89. The van der Waals surface area contributed by atoms with Gasteiger partial charge in [0.15, 0.2) is 0 Å². The van der Waals surface area contributed by atoms with Gasteiger partial charge in [0.1, 0.15) is 11.6 Å². The Kier molecular flexibility index (Phi) is 4.10. The van der Waals surface area contributed by atoms with Crippen molar-refractivity contribution < 1.29 is 12.8 Å². The molecule has 1 aliphatic rings. The van der Waals surface area contributed by atoms with E-state index >= 15 is 0 Å². The highest BCUT2D eigenvalue weighted by Gasteiger charge is 2.30. The van der Waals surface area contributed by atoms with Gasteiger partial charge in [-0.15, -0.1) is 0 Å². The molecule has 0 aliphatic carbocycles. The Hall–Kier alpha value is -1.60. The molecule has 0 bridgehead atoms. The van der Waals surface area contributed by atoms with Crippen molar-refractivity contribution in [2.45, 2.75) is 44.2 Å². The molecule has 0 amide bonds. The van der Waals surface area contributed by atoms with Crippen LogP contribution >= 0.6 is 0 Å². The summed E-state index contributed by atoms with van der Waals surface area (Å²) in [6.45, 7) is 5.80. The quantitative estimate of drug-likeness (QED) is 0.847. The standard InChI is InChI=1S/C15H21N3O3S/c1-12(2)15-16-7-10-17(15)11-13-5-6-14(21-13)22(19,20)18-8-3-4-9-18/h5-7,10,12H,3-4,8-9,11H2,1-2H3. The number of sulfonamides is 1. The SMILES string of the molecule is CC(C)c1nccn1Cc1ccc(S(=O)(=O)N2CCCC2)o1. The van der Waals surface area contributed by atoms with Crippen molar-refractivity contribution in [3.8, 4) is 0 Å². The normalized spacial score (nSPS) is 16.7. The average molecular weight is 323 g/mol. The van der Waals surface area contributed by atoms with E-state index < -0.39 is 10.0 Å². The number of nitrogens with zero attached hydrogens (tertiary/aromatic N) is 3. The van der Waals surface area contributed by atoms with E-state index in [1.54, 1.807) is 18.3 Å². The van der Waals surface area contributed by atoms with E-state index in [-0.39, 0.29) is 5.09 Å². The van der Waals surface area contributed by atoms with Crippen molar-refractivity contribution in [1.29, 1.82) is 0 Å². The van der Waals surface area contributed by atoms with Gasteiger partial charge in [0.05, 0.1) is 6.54 Å². The Morgan fingerprint density at radius 2 is 2.00 bits per heavy atom. The summed E-state index contributed by atoms with van der Waals surface area (Å²) in [5, 5.41) is 0.0376. The molecule has 1 saturated heterocycles. The zero-order valence-corrected chi connectivity index (χ0v) is 13.7. The molecule has 2 aromatic rings. The minimum atomic E-state index is -3.48. The zero-order valence-electron chi connectivity index (χ0n) is 12.9. The van der Waals surface area contributed by atoms with Crippen LogP contribution in [0.1, 0.15) is 44.2 Å². The van der Waals surface area contributed by atoms with Crippen molar-refractivity contribution in [3.05, 3.63) is 36.1 Å². The van der Waals surface area contributed by atoms with E-state index in [9.17, 15) is 8.42 Å². The molecule has 3 rings (SSSR count). The lowest BCUT2D eigenvalue weighted by molar-refractivity contribution is 0.382. The minimum absolute atomic E-state index is 0.0376. The predicted octanol–water partition coefficient (Wildman–Crippen LogP) is 2.43. The number of rotatable bonds is 5. The van der Waals surface area contributed by atoms with Crippen molar-refractivity contribution in [3.63, 3.8) is 0 Å². The van der Waals surface area contributed by atoms with E-state index in [1.807, 2.05) is 10.8 Å². The predicted molar refractivity (Wildman–Crippen MR) is 82.1 cm³/mol. The number of imidazole rings is 1. The number of hydrogen-bond acceptors (Lipinski definition) is 4. The largest absolute Gasteiger partial charge is 0.446 e. The van der Waals surface area contributed by atoms with Gasteiger partial charge < -0.3 is 8.98 Å². The molecule has 0 spiro atoms. The van der Waals surface area contributed by atoms with Crippen molar-refractivity contribution in [1.82, 2.24) is 13.9 Å². The fraction of sp³-hybridized carbons (Fsp3) is 0.533. The van der Waals surface area contributed by atoms with Gasteiger partial charge in [0.25, 0.3) is 10.0 Å². The lowest BCUT2D eigenvalue weighted by Crippen LogP contribution is -2.27. The van der Waals surface area contributed by atoms with Gasteiger partial charge in [-0.3, -0.25) is 0 Å². The minimum Gasteiger partial charge on any atom is -0.446 e. The first kappa shape index (κ1) is 15.3. The summed E-state index contributed by atoms with van der Waals surface area (Å²) in [5.41, 5.74) is 0. The Morgan fingerprint density at radius 1 is 1.27 bits per heavy atom. The fourth-order valence-corrected chi connectivity index (χ4v) is 4.21. The van der Waals surface area contributed by atoms with Gasteiger partial charge in [0, 0.05) is 31.4 Å². The first-order valence-electron chi connectivity index (χ1n) is 7.58. The van der Waals surface area contributed by atoms with Gasteiger partial charge in [-0.25, -0.2) is 13.4 Å². The highest BCUT2D eigenvalue weighted by atomic mass is 32.2. The lowest BCUT2D eigenvalue weighted by atomic mass is 10.2. The number of hydrogen-bond donors (Lipinski definition) is 0. The Labute approximate surface area is 130 Å². The summed E-state index contributed by atoms with van der Waals surface area (Å²) >= 11 is 0. The highest BCUT2D eigenvalue weighted by Crippen LogP contribution is 2.23. The molecule has 120 valence electrons. The maximum absolute atomic E-state index is 12.4. The average Bonchev–Trinajstić information content (AvgIpc) is 3.21. The van der Waals surface area contributed by atoms with Crippen LogP contribution in [0.25, 0.3) is 0 Å². The van der Waals surface area contributed by atoms with Gasteiger partial charge in [-0.1, -0.05) is 13.8 Å². The van der Waals surface area contributed by atoms with Crippen LogP contribution in [0.15, 0.2) is 34.0 Å². The fourth-order valence-electron chi connectivity index (χ4n) is 2.76. The molecule has 0 aromatic carbocycles. The summed E-state index contributed by atoms with van der Waals surface area (Å²) in [6, 6.07) is 3.28. The molecule has 0 saturated carbocycles. The Morgan fingerprint density at radius 3 is 2.68 bits per heavy atom. The first-order valence-corrected chi connectivity index (χ1v) is 9.02. The molecule has 0 unspecified atom stereocenters. The molecular weight excluding hydrogens is 302 g/mol. The van der Waals surface area contributed by atoms with E-state index in [4.69, 9.17) is 4.42 Å². The molecule has 0 atom stereocenters. The van der Waals surface area contributed by atoms with Crippen LogP contribution in [-0.4, -0.2) is 35.4 Å². The molecular formula is C15H21N3O3S. The molecule has 1 aliphatic heterocycles. The van der Waals surface area contributed by atoms with E-state index in [1.165, 1.54) is 4.31 Å². The second-order valence-corrected chi connectivity index (χ2v) is 7.77. The Bertz CT molecular complexity index is 740. The van der Waals surface area contributed by atoms with Crippen LogP contribution in [0.4, 0.5) is 0 Å². The van der Waals surface area contributed by atoms with Gasteiger partial charge in [-0.05, 0) is 25.0 Å². The van der Waals surface area contributed by atoms with Gasteiger partial charge >= 0.3 is 0 Å². The maximum atomic E-state index is 12.4. The van der Waals surface area contributed by atoms with Crippen LogP contribution < -0.4 is 0 Å². The van der Waals surface area contributed by atoms with Crippen molar-refractivity contribution in [2.24, 2.45) is 0 Å². The molecule has 0 radical (unpaired) electrons. The molecule has 1 fully saturated rings. The van der Waals surface area contributed by atoms with E-state index in [2.05, 4.69) is 18.8 Å². The van der Waals surface area contributed by atoms with Crippen LogP contribution in [0, 0.1) is 0 Å². The van der Waals surface area contributed by atoms with Crippen LogP contribution in [0.3, 0.4) is 0 Å². The third-order valence-corrected chi connectivity index (χ3v) is 5.66. The van der Waals surface area contributed by atoms with Crippen LogP contribution in [0.5, 0.6) is 0 Å². The summed E-state index contributed by atoms with van der Waals surface area (Å²) in [6.07, 6.45) is 5.46. The van der Waals surface area contributed by atoms with Crippen LogP contribution in [0.2, 0.25) is 0 Å². The molecule has 22 heavy (non-hydrogen) atoms. The van der Waals surface area contributed by atoms with Crippen molar-refractivity contribution >= 4 is 10.0 Å². The number of furan rings is 1. The van der Waals surface area contributed by atoms with E-state index in [0.717, 1.165) is 18.7 Å². The third-order valence-electron chi connectivity index (χ3n) is 3.89. The van der Waals surface area contributed by atoms with Crippen molar-refractivity contribution in [2.75, 3.05) is 13.1 Å². The highest BCUT2D eigenvalue weighted by molar-refractivity contribution is 7.89. The second-order valence-electron chi connectivity index (χ2n) is 5.90. The molecule has 0 N–H and O–H groups in total. The monoisotopic (exact) mass is 323 g/mol. The molecule has 7 heteroatoms. The number of aromatic nitrogens is 2. The molecule has 6 nitrogen and oxygen atoms in total. The maximum Gasteiger partial charge on any atom is 0.276 e. The third kappa shape index (κ3) is 2.83. The summed E-state index contributed by atoms with van der Waals surface area (Å²) in [5.74, 6) is 1.88. The van der Waals surface area contributed by atoms with Gasteiger partial charge in [-0.2, -0.15) is 4.31 Å². The van der Waals surface area contributed by atoms with Crippen LogP contribution in [-0.2, 0) is 16.6 Å². The summed E-state index contributed by atoms with van der Waals surface area (Å²) < 4.78 is 33.9.